The zero-order valence-electron chi connectivity index (χ0n) is 14.9. The molecule has 3 aromatic rings. The molecule has 1 aliphatic rings. The highest BCUT2D eigenvalue weighted by Gasteiger charge is 2.26. The molecule has 0 radical (unpaired) electrons. The van der Waals surface area contributed by atoms with Gasteiger partial charge in [-0.05, 0) is 34.9 Å². The maximum absolute atomic E-state index is 12.7. The van der Waals surface area contributed by atoms with E-state index in [9.17, 15) is 4.79 Å². The Balaban J connectivity index is 1.48. The van der Waals surface area contributed by atoms with Crippen LogP contribution in [0, 0.1) is 0 Å². The molecule has 1 aliphatic heterocycles. The number of hydrogen-bond donors (Lipinski definition) is 1. The Morgan fingerprint density at radius 1 is 0.964 bits per heavy atom. The minimum absolute atomic E-state index is 0.129. The fourth-order valence-electron chi connectivity index (χ4n) is 3.15. The predicted octanol–water partition coefficient (Wildman–Crippen LogP) is 5.91. The van der Waals surface area contributed by atoms with Gasteiger partial charge in [-0.15, -0.1) is 0 Å². The van der Waals surface area contributed by atoms with Gasteiger partial charge in [0.2, 0.25) is 0 Å². The lowest BCUT2D eigenvalue weighted by atomic mass is 10.0. The first kappa shape index (κ1) is 18.6. The molecule has 0 fully saturated rings. The van der Waals surface area contributed by atoms with Crippen LogP contribution < -0.4 is 10.1 Å². The lowest BCUT2D eigenvalue weighted by Gasteiger charge is -2.20. The minimum Gasteiger partial charge on any atom is -0.486 e. The molecule has 140 valence electrons. The third kappa shape index (κ3) is 3.91. The van der Waals surface area contributed by atoms with Crippen molar-refractivity contribution in [2.45, 2.75) is 6.54 Å². The Kier molecular flexibility index (Phi) is 5.38. The Labute approximate surface area is 173 Å². The summed E-state index contributed by atoms with van der Waals surface area (Å²) in [4.78, 5) is 12.7. The second-order valence-corrected chi connectivity index (χ2v) is 7.34. The molecule has 0 aliphatic carbocycles. The van der Waals surface area contributed by atoms with Gasteiger partial charge in [0.25, 0.3) is 0 Å². The number of benzene rings is 3. The largest absolute Gasteiger partial charge is 0.486 e. The number of halogens is 2. The van der Waals surface area contributed by atoms with Crippen LogP contribution in [0.15, 0.2) is 78.5 Å². The highest BCUT2D eigenvalue weighted by molar-refractivity contribution is 6.37. The first-order chi connectivity index (χ1) is 13.6. The topological polar surface area (TPSA) is 38.3 Å². The molecule has 1 heterocycles. The van der Waals surface area contributed by atoms with Crippen molar-refractivity contribution in [3.63, 3.8) is 0 Å². The van der Waals surface area contributed by atoms with Gasteiger partial charge in [0.15, 0.2) is 5.78 Å². The van der Waals surface area contributed by atoms with Crippen molar-refractivity contribution in [1.82, 2.24) is 5.32 Å². The third-order valence-electron chi connectivity index (χ3n) is 4.53. The van der Waals surface area contributed by atoms with Gasteiger partial charge in [0.1, 0.15) is 12.4 Å². The molecule has 0 spiro atoms. The second-order valence-electron chi connectivity index (χ2n) is 6.50. The number of rotatable bonds is 4. The quantitative estimate of drug-likeness (QED) is 0.544. The Morgan fingerprint density at radius 2 is 1.75 bits per heavy atom. The van der Waals surface area contributed by atoms with E-state index < -0.39 is 0 Å². The van der Waals surface area contributed by atoms with Crippen molar-refractivity contribution < 1.29 is 9.53 Å². The average molecular weight is 410 g/mol. The van der Waals surface area contributed by atoms with Crippen molar-refractivity contribution in [2.75, 3.05) is 6.61 Å². The number of carbonyl (C=O) groups excluding carboxylic acids is 1. The van der Waals surface area contributed by atoms with Crippen molar-refractivity contribution in [2.24, 2.45) is 0 Å². The summed E-state index contributed by atoms with van der Waals surface area (Å²) in [5.41, 5.74) is 4.37. The summed E-state index contributed by atoms with van der Waals surface area (Å²) in [6.07, 6.45) is 1.70. The van der Waals surface area contributed by atoms with Crippen LogP contribution in [-0.2, 0) is 6.54 Å². The molecule has 0 atom stereocenters. The van der Waals surface area contributed by atoms with Gasteiger partial charge < -0.3 is 10.1 Å². The summed E-state index contributed by atoms with van der Waals surface area (Å²) >= 11 is 12.1. The van der Waals surface area contributed by atoms with E-state index in [1.165, 1.54) is 5.56 Å². The number of ether oxygens (including phenoxy) is 1. The van der Waals surface area contributed by atoms with Crippen LogP contribution in [0.1, 0.15) is 15.9 Å². The van der Waals surface area contributed by atoms with Crippen molar-refractivity contribution in [3.05, 3.63) is 99.7 Å². The average Bonchev–Trinajstić information content (AvgIpc) is 2.71. The van der Waals surface area contributed by atoms with Crippen LogP contribution in [0.2, 0.25) is 10.0 Å². The number of fused-ring (bicyclic) bond motifs is 1. The highest BCUT2D eigenvalue weighted by Crippen LogP contribution is 2.36. The van der Waals surface area contributed by atoms with E-state index in [4.69, 9.17) is 27.9 Å². The molecule has 0 bridgehead atoms. The van der Waals surface area contributed by atoms with Crippen molar-refractivity contribution in [3.8, 4) is 16.9 Å². The van der Waals surface area contributed by atoms with E-state index >= 15 is 0 Å². The number of hydrogen-bond acceptors (Lipinski definition) is 3. The molecule has 0 amide bonds. The maximum Gasteiger partial charge on any atom is 0.197 e. The summed E-state index contributed by atoms with van der Waals surface area (Å²) in [5.74, 6) is 0.264. The van der Waals surface area contributed by atoms with Crippen molar-refractivity contribution in [1.29, 1.82) is 0 Å². The minimum atomic E-state index is -0.129. The fraction of sp³-hybridized carbons (Fsp3) is 0.0870. The van der Waals surface area contributed by atoms with Gasteiger partial charge >= 0.3 is 0 Å². The van der Waals surface area contributed by atoms with Crippen LogP contribution in [0.3, 0.4) is 0 Å². The number of carbonyl (C=O) groups is 1. The van der Waals surface area contributed by atoms with E-state index in [0.29, 0.717) is 33.5 Å². The van der Waals surface area contributed by atoms with Crippen LogP contribution >= 0.6 is 23.2 Å². The zero-order valence-corrected chi connectivity index (χ0v) is 16.4. The monoisotopic (exact) mass is 409 g/mol. The molecule has 0 aromatic heterocycles. The molecule has 3 nitrogen and oxygen atoms in total. The summed E-state index contributed by atoms with van der Waals surface area (Å²) in [5, 5.41) is 3.97. The molecule has 3 aromatic carbocycles. The van der Waals surface area contributed by atoms with Gasteiger partial charge in [0, 0.05) is 17.8 Å². The summed E-state index contributed by atoms with van der Waals surface area (Å²) < 4.78 is 5.65. The molecule has 0 unspecified atom stereocenters. The highest BCUT2D eigenvalue weighted by atomic mass is 35.5. The van der Waals surface area contributed by atoms with Gasteiger partial charge in [-0.3, -0.25) is 4.79 Å². The second kappa shape index (κ2) is 8.09. The summed E-state index contributed by atoms with van der Waals surface area (Å²) in [6, 6.07) is 21.7. The Morgan fingerprint density at radius 3 is 2.57 bits per heavy atom. The molecule has 28 heavy (non-hydrogen) atoms. The SMILES string of the molecule is O=C1/C(=C\NCc2cccc(-c3ccccc3)c2)COc2c(Cl)cc(Cl)cc21. The van der Waals surface area contributed by atoms with Gasteiger partial charge in [0.05, 0.1) is 16.2 Å². The fourth-order valence-corrected chi connectivity index (χ4v) is 3.70. The first-order valence-corrected chi connectivity index (χ1v) is 9.61. The lowest BCUT2D eigenvalue weighted by molar-refractivity contribution is 0.0998. The van der Waals surface area contributed by atoms with E-state index in [1.54, 1.807) is 18.3 Å². The predicted molar refractivity (Wildman–Crippen MR) is 113 cm³/mol. The first-order valence-electron chi connectivity index (χ1n) is 8.85. The maximum atomic E-state index is 12.7. The van der Waals surface area contributed by atoms with E-state index in [-0.39, 0.29) is 12.4 Å². The third-order valence-corrected chi connectivity index (χ3v) is 5.03. The summed E-state index contributed by atoms with van der Waals surface area (Å²) in [6.45, 7) is 0.769. The molecule has 0 saturated carbocycles. The van der Waals surface area contributed by atoms with Gasteiger partial charge in [-0.2, -0.15) is 0 Å². The summed E-state index contributed by atoms with van der Waals surface area (Å²) in [7, 11) is 0. The van der Waals surface area contributed by atoms with Gasteiger partial charge in [-0.1, -0.05) is 71.7 Å². The van der Waals surface area contributed by atoms with Crippen LogP contribution in [-0.4, -0.2) is 12.4 Å². The smallest absolute Gasteiger partial charge is 0.197 e. The van der Waals surface area contributed by atoms with E-state index in [2.05, 4.69) is 29.6 Å². The number of nitrogens with one attached hydrogen (secondary N) is 1. The Bertz CT molecular complexity index is 1060. The van der Waals surface area contributed by atoms with Crippen LogP contribution in [0.25, 0.3) is 11.1 Å². The standard InChI is InChI=1S/C23H17Cl2NO2/c24-19-10-20-22(27)18(14-28-23(20)21(25)11-19)13-26-12-15-5-4-8-17(9-15)16-6-2-1-3-7-16/h1-11,13,26H,12,14H2/b18-13-. The molecule has 1 N–H and O–H groups in total. The number of Topliss-reactive ketones (excluding diaryl/α,β-unsaturated/α-hetero) is 1. The normalized spacial score (nSPS) is 14.5. The molecule has 0 saturated heterocycles. The molecular weight excluding hydrogens is 393 g/mol. The zero-order chi connectivity index (χ0) is 19.5. The molecule has 5 heteroatoms. The lowest BCUT2D eigenvalue weighted by Crippen LogP contribution is -2.22. The van der Waals surface area contributed by atoms with Crippen molar-refractivity contribution >= 4 is 29.0 Å². The van der Waals surface area contributed by atoms with E-state index in [0.717, 1.165) is 11.1 Å². The number of ketones is 1. The molecule has 4 rings (SSSR count). The van der Waals surface area contributed by atoms with Crippen LogP contribution in [0.5, 0.6) is 5.75 Å². The van der Waals surface area contributed by atoms with Gasteiger partial charge in [-0.25, -0.2) is 0 Å². The van der Waals surface area contributed by atoms with E-state index in [1.807, 2.05) is 30.3 Å². The molecular formula is C23H17Cl2NO2. The van der Waals surface area contributed by atoms with Crippen LogP contribution in [0.4, 0.5) is 0 Å². The Hall–Kier alpha value is -2.75.